The molecule has 0 unspecified atom stereocenters. The van der Waals surface area contributed by atoms with Crippen molar-refractivity contribution in [1.29, 1.82) is 0 Å². The molecule has 0 saturated heterocycles. The lowest BCUT2D eigenvalue weighted by molar-refractivity contribution is -0.120. The van der Waals surface area contributed by atoms with Crippen molar-refractivity contribution in [2.24, 2.45) is 0 Å². The van der Waals surface area contributed by atoms with Gasteiger partial charge in [-0.15, -0.1) is 0 Å². The first kappa shape index (κ1) is 19.9. The van der Waals surface area contributed by atoms with Gasteiger partial charge in [0, 0.05) is 25.6 Å². The van der Waals surface area contributed by atoms with E-state index in [1.165, 1.54) is 0 Å². The van der Waals surface area contributed by atoms with Crippen LogP contribution in [0.15, 0.2) is 84.2 Å². The molecule has 5 nitrogen and oxygen atoms in total. The monoisotopic (exact) mass is 431 g/mol. The zero-order chi connectivity index (χ0) is 22.2. The number of hydrogen-bond donors (Lipinski definition) is 1. The molecule has 0 atom stereocenters. The summed E-state index contributed by atoms with van der Waals surface area (Å²) in [5.41, 5.74) is 2.59. The second-order valence-electron chi connectivity index (χ2n) is 7.66. The zero-order valence-electron chi connectivity index (χ0n) is 17.0. The van der Waals surface area contributed by atoms with E-state index in [0.717, 1.165) is 29.1 Å². The van der Waals surface area contributed by atoms with Crippen molar-refractivity contribution in [2.45, 2.75) is 13.0 Å². The fraction of sp³-hybridized carbons (Fsp3) is 0.120. The molecule has 0 bridgehead atoms. The SMILES string of the molecule is O=C1CCN2C(=C1C(=O)Nc1ccc(F)cc1F)N(Cc1ccccc1)c1ccccc12. The van der Waals surface area contributed by atoms with Gasteiger partial charge in [-0.2, -0.15) is 0 Å². The van der Waals surface area contributed by atoms with Gasteiger partial charge in [0.1, 0.15) is 23.0 Å². The van der Waals surface area contributed by atoms with E-state index < -0.39 is 17.5 Å². The third kappa shape index (κ3) is 3.41. The van der Waals surface area contributed by atoms with Gasteiger partial charge in [0.05, 0.1) is 17.1 Å². The highest BCUT2D eigenvalue weighted by Gasteiger charge is 2.41. The van der Waals surface area contributed by atoms with Crippen molar-refractivity contribution >= 4 is 28.8 Å². The Labute approximate surface area is 183 Å². The van der Waals surface area contributed by atoms with E-state index in [1.807, 2.05) is 64.4 Å². The van der Waals surface area contributed by atoms with E-state index in [0.29, 0.717) is 25.0 Å². The zero-order valence-corrected chi connectivity index (χ0v) is 17.0. The van der Waals surface area contributed by atoms with Crippen LogP contribution < -0.4 is 15.1 Å². The molecule has 7 heteroatoms. The number of halogens is 2. The van der Waals surface area contributed by atoms with Gasteiger partial charge >= 0.3 is 0 Å². The predicted octanol–water partition coefficient (Wildman–Crippen LogP) is 4.61. The van der Waals surface area contributed by atoms with Gasteiger partial charge in [-0.3, -0.25) is 9.59 Å². The second kappa shape index (κ2) is 7.92. The van der Waals surface area contributed by atoms with Crippen LogP contribution in [0.1, 0.15) is 12.0 Å². The minimum absolute atomic E-state index is 0.0351. The molecule has 2 aliphatic rings. The average Bonchev–Trinajstić information content (AvgIpc) is 3.10. The molecule has 0 spiro atoms. The molecule has 160 valence electrons. The normalized spacial score (nSPS) is 15.0. The topological polar surface area (TPSA) is 52.7 Å². The lowest BCUT2D eigenvalue weighted by Gasteiger charge is -2.31. The molecular formula is C25H19F2N3O2. The largest absolute Gasteiger partial charge is 0.325 e. The van der Waals surface area contributed by atoms with E-state index in [4.69, 9.17) is 0 Å². The Bertz CT molecular complexity index is 1260. The van der Waals surface area contributed by atoms with Crippen molar-refractivity contribution in [3.63, 3.8) is 0 Å². The number of hydrogen-bond acceptors (Lipinski definition) is 4. The number of carbonyl (C=O) groups excluding carboxylic acids is 2. The van der Waals surface area contributed by atoms with Crippen LogP contribution in [0.2, 0.25) is 0 Å². The highest BCUT2D eigenvalue weighted by Crippen LogP contribution is 2.45. The fourth-order valence-electron chi connectivity index (χ4n) is 4.18. The molecule has 0 fully saturated rings. The Balaban J connectivity index is 1.60. The molecule has 2 heterocycles. The Hall–Kier alpha value is -4.00. The molecule has 0 aromatic heterocycles. The summed E-state index contributed by atoms with van der Waals surface area (Å²) in [6, 6.07) is 20.3. The van der Waals surface area contributed by atoms with Crippen LogP contribution in [0.3, 0.4) is 0 Å². The minimum atomic E-state index is -0.903. The standard InChI is InChI=1S/C25H19F2N3O2/c26-17-10-11-19(18(27)14-17)28-24(32)23-22(31)12-13-29-20-8-4-5-9-21(20)30(25(23)29)15-16-6-2-1-3-7-16/h1-11,14H,12-13,15H2,(H,28,32). The van der Waals surface area contributed by atoms with Crippen LogP contribution in [0.25, 0.3) is 0 Å². The first-order valence-corrected chi connectivity index (χ1v) is 10.2. The number of benzene rings is 3. The number of amides is 1. The molecule has 0 radical (unpaired) electrons. The van der Waals surface area contributed by atoms with Crippen molar-refractivity contribution in [1.82, 2.24) is 0 Å². The predicted molar refractivity (Wildman–Crippen MR) is 118 cm³/mol. The third-order valence-electron chi connectivity index (χ3n) is 5.63. The Kier molecular flexibility index (Phi) is 4.93. The van der Waals surface area contributed by atoms with Crippen LogP contribution in [0.4, 0.5) is 25.8 Å². The van der Waals surface area contributed by atoms with Crippen LogP contribution in [-0.4, -0.2) is 18.2 Å². The maximum absolute atomic E-state index is 14.1. The summed E-state index contributed by atoms with van der Waals surface area (Å²) in [4.78, 5) is 30.0. The van der Waals surface area contributed by atoms with E-state index in [9.17, 15) is 18.4 Å². The van der Waals surface area contributed by atoms with Gasteiger partial charge in [0.25, 0.3) is 5.91 Å². The maximum Gasteiger partial charge on any atom is 0.263 e. The van der Waals surface area contributed by atoms with Crippen LogP contribution >= 0.6 is 0 Å². The van der Waals surface area contributed by atoms with Crippen LogP contribution in [0, 0.1) is 11.6 Å². The summed E-state index contributed by atoms with van der Waals surface area (Å²) in [5, 5.41) is 2.45. The number of fused-ring (bicyclic) bond motifs is 3. The minimum Gasteiger partial charge on any atom is -0.325 e. The molecule has 2 aliphatic heterocycles. The number of rotatable bonds is 4. The van der Waals surface area contributed by atoms with E-state index in [-0.39, 0.29) is 23.5 Å². The summed E-state index contributed by atoms with van der Waals surface area (Å²) in [5.74, 6) is -2.21. The third-order valence-corrected chi connectivity index (χ3v) is 5.63. The lowest BCUT2D eigenvalue weighted by Crippen LogP contribution is -2.40. The first-order valence-electron chi connectivity index (χ1n) is 10.2. The first-order chi connectivity index (χ1) is 15.5. The molecule has 0 saturated carbocycles. The molecule has 1 N–H and O–H groups in total. The van der Waals surface area contributed by atoms with Gasteiger partial charge in [-0.25, -0.2) is 8.78 Å². The summed E-state index contributed by atoms with van der Waals surface area (Å²) < 4.78 is 27.4. The summed E-state index contributed by atoms with van der Waals surface area (Å²) >= 11 is 0. The maximum atomic E-state index is 14.1. The Morgan fingerprint density at radius 1 is 0.938 bits per heavy atom. The quantitative estimate of drug-likeness (QED) is 0.613. The smallest absolute Gasteiger partial charge is 0.263 e. The summed E-state index contributed by atoms with van der Waals surface area (Å²) in [6.45, 7) is 0.900. The number of ketones is 1. The molecular weight excluding hydrogens is 412 g/mol. The van der Waals surface area contributed by atoms with E-state index in [2.05, 4.69) is 5.32 Å². The van der Waals surface area contributed by atoms with E-state index in [1.54, 1.807) is 0 Å². The Morgan fingerprint density at radius 2 is 1.66 bits per heavy atom. The average molecular weight is 431 g/mol. The lowest BCUT2D eigenvalue weighted by atomic mass is 10.0. The van der Waals surface area contributed by atoms with Crippen molar-refractivity contribution in [3.05, 3.63) is 101 Å². The number of Topliss-reactive ketones (excluding diaryl/α,β-unsaturated/α-hetero) is 1. The Morgan fingerprint density at radius 3 is 2.41 bits per heavy atom. The van der Waals surface area contributed by atoms with Crippen molar-refractivity contribution < 1.29 is 18.4 Å². The van der Waals surface area contributed by atoms with Crippen molar-refractivity contribution in [3.8, 4) is 0 Å². The molecule has 3 aromatic carbocycles. The molecule has 3 aromatic rings. The van der Waals surface area contributed by atoms with Crippen LogP contribution in [0.5, 0.6) is 0 Å². The van der Waals surface area contributed by atoms with Gasteiger partial charge < -0.3 is 15.1 Å². The van der Waals surface area contributed by atoms with E-state index >= 15 is 0 Å². The summed E-state index contributed by atoms with van der Waals surface area (Å²) in [7, 11) is 0. The number of nitrogens with one attached hydrogen (secondary N) is 1. The molecule has 32 heavy (non-hydrogen) atoms. The highest BCUT2D eigenvalue weighted by molar-refractivity contribution is 6.25. The summed E-state index contributed by atoms with van der Waals surface area (Å²) in [6.07, 6.45) is 0.158. The molecule has 5 rings (SSSR count). The van der Waals surface area contributed by atoms with Crippen molar-refractivity contribution in [2.75, 3.05) is 21.7 Å². The van der Waals surface area contributed by atoms with Gasteiger partial charge in [-0.05, 0) is 29.8 Å². The number of para-hydroxylation sites is 2. The second-order valence-corrected chi connectivity index (χ2v) is 7.66. The fourth-order valence-corrected chi connectivity index (χ4v) is 4.18. The van der Waals surface area contributed by atoms with Crippen LogP contribution in [-0.2, 0) is 16.1 Å². The molecule has 0 aliphatic carbocycles. The molecule has 1 amide bonds. The van der Waals surface area contributed by atoms with Gasteiger partial charge in [0.2, 0.25) is 0 Å². The number of nitrogens with zero attached hydrogens (tertiary/aromatic N) is 2. The number of carbonyl (C=O) groups is 2. The highest BCUT2D eigenvalue weighted by atomic mass is 19.1. The number of anilines is 3. The van der Waals surface area contributed by atoms with Gasteiger partial charge in [-0.1, -0.05) is 42.5 Å². The van der Waals surface area contributed by atoms with Gasteiger partial charge in [0.15, 0.2) is 5.78 Å².